The first-order valence-electron chi connectivity index (χ1n) is 3.45. The first-order chi connectivity index (χ1) is 5.95. The van der Waals surface area contributed by atoms with E-state index in [1.54, 1.807) is 19.2 Å². The molecule has 0 bridgehead atoms. The number of rotatable bonds is 2. The van der Waals surface area contributed by atoms with Crippen LogP contribution in [-0.2, 0) is 10.0 Å². The lowest BCUT2D eigenvalue weighted by molar-refractivity contribution is 0.598. The van der Waals surface area contributed by atoms with Crippen molar-refractivity contribution in [3.8, 4) is 0 Å². The van der Waals surface area contributed by atoms with E-state index in [0.29, 0.717) is 5.69 Å². The maximum Gasteiger partial charge on any atom is 0.240 e. The molecule has 0 atom stereocenters. The third-order valence-corrected chi connectivity index (χ3v) is 2.98. The molecule has 0 spiro atoms. The largest absolute Gasteiger partial charge is 0.387 e. The van der Waals surface area contributed by atoms with Crippen molar-refractivity contribution in [1.29, 1.82) is 0 Å². The van der Waals surface area contributed by atoms with Crippen LogP contribution in [0.4, 0.5) is 5.69 Å². The lowest BCUT2D eigenvalue weighted by atomic mass is 10.3. The third-order valence-electron chi connectivity index (χ3n) is 1.52. The minimum absolute atomic E-state index is 0.0956. The molecule has 1 rings (SSSR count). The summed E-state index contributed by atoms with van der Waals surface area (Å²) in [5.41, 5.74) is 0.483. The Hall–Kier alpha value is -0.590. The summed E-state index contributed by atoms with van der Waals surface area (Å²) in [6, 6.07) is 4.73. The lowest BCUT2D eigenvalue weighted by Gasteiger charge is -2.06. The van der Waals surface area contributed by atoms with E-state index in [-0.39, 0.29) is 4.90 Å². The van der Waals surface area contributed by atoms with Crippen molar-refractivity contribution in [3.63, 3.8) is 0 Å². The molecular formula is C7H9BrN2O2S. The SMILES string of the molecule is CNc1cc(Br)ccc1S(N)(=O)=O. The van der Waals surface area contributed by atoms with Gasteiger partial charge < -0.3 is 5.32 Å². The van der Waals surface area contributed by atoms with Crippen molar-refractivity contribution in [2.24, 2.45) is 5.14 Å². The van der Waals surface area contributed by atoms with Gasteiger partial charge in [0.25, 0.3) is 0 Å². The quantitative estimate of drug-likeness (QED) is 0.842. The van der Waals surface area contributed by atoms with E-state index >= 15 is 0 Å². The molecule has 0 aliphatic heterocycles. The molecule has 0 saturated carbocycles. The van der Waals surface area contributed by atoms with Gasteiger partial charge in [0.05, 0.1) is 5.69 Å². The average Bonchev–Trinajstić information content (AvgIpc) is 2.01. The summed E-state index contributed by atoms with van der Waals surface area (Å²) in [5, 5.41) is 7.75. The Bertz CT molecular complexity index is 417. The lowest BCUT2D eigenvalue weighted by Crippen LogP contribution is -2.14. The molecule has 0 radical (unpaired) electrons. The van der Waals surface area contributed by atoms with Gasteiger partial charge in [-0.15, -0.1) is 0 Å². The zero-order valence-corrected chi connectivity index (χ0v) is 9.31. The highest BCUT2D eigenvalue weighted by atomic mass is 79.9. The predicted molar refractivity (Wildman–Crippen MR) is 55.1 cm³/mol. The second-order valence-corrected chi connectivity index (χ2v) is 4.88. The number of hydrogen-bond acceptors (Lipinski definition) is 3. The Labute approximate surface area is 85.3 Å². The van der Waals surface area contributed by atoms with Gasteiger partial charge in [-0.25, -0.2) is 13.6 Å². The average molecular weight is 265 g/mol. The Balaban J connectivity index is 3.39. The Morgan fingerprint density at radius 3 is 2.54 bits per heavy atom. The first kappa shape index (κ1) is 10.5. The van der Waals surface area contributed by atoms with Crippen molar-refractivity contribution in [2.75, 3.05) is 12.4 Å². The van der Waals surface area contributed by atoms with Crippen LogP contribution in [0.2, 0.25) is 0 Å². The minimum Gasteiger partial charge on any atom is -0.387 e. The highest BCUT2D eigenvalue weighted by molar-refractivity contribution is 9.10. The van der Waals surface area contributed by atoms with Crippen LogP contribution in [0.1, 0.15) is 0 Å². The number of nitrogens with two attached hydrogens (primary N) is 1. The molecule has 0 amide bonds. The van der Waals surface area contributed by atoms with Crippen LogP contribution in [0, 0.1) is 0 Å². The Morgan fingerprint density at radius 1 is 1.46 bits per heavy atom. The molecule has 1 aromatic carbocycles. The summed E-state index contributed by atoms with van der Waals surface area (Å²) in [4.78, 5) is 0.0956. The molecular weight excluding hydrogens is 256 g/mol. The molecule has 6 heteroatoms. The summed E-state index contributed by atoms with van der Waals surface area (Å²) < 4.78 is 22.9. The van der Waals surface area contributed by atoms with E-state index in [2.05, 4.69) is 21.2 Å². The second-order valence-electron chi connectivity index (χ2n) is 2.44. The summed E-state index contributed by atoms with van der Waals surface area (Å²) >= 11 is 3.23. The van der Waals surface area contributed by atoms with Gasteiger partial charge in [-0.1, -0.05) is 15.9 Å². The van der Waals surface area contributed by atoms with E-state index in [4.69, 9.17) is 5.14 Å². The van der Waals surface area contributed by atoms with Crippen molar-refractivity contribution in [1.82, 2.24) is 0 Å². The molecule has 0 fully saturated rings. The fourth-order valence-corrected chi connectivity index (χ4v) is 2.03. The summed E-state index contributed by atoms with van der Waals surface area (Å²) in [6.07, 6.45) is 0. The fraction of sp³-hybridized carbons (Fsp3) is 0.143. The highest BCUT2D eigenvalue weighted by Gasteiger charge is 2.12. The number of hydrogen-bond donors (Lipinski definition) is 2. The Morgan fingerprint density at radius 2 is 2.08 bits per heavy atom. The molecule has 0 saturated heterocycles. The van der Waals surface area contributed by atoms with E-state index in [9.17, 15) is 8.42 Å². The topological polar surface area (TPSA) is 72.2 Å². The molecule has 1 aromatic rings. The maximum atomic E-state index is 11.0. The standard InChI is InChI=1S/C7H9BrN2O2S/c1-10-6-4-5(8)2-3-7(6)13(9,11)12/h2-4,10H,1H3,(H2,9,11,12). The van der Waals surface area contributed by atoms with Gasteiger partial charge in [0.15, 0.2) is 0 Å². The van der Waals surface area contributed by atoms with Crippen molar-refractivity contribution in [2.45, 2.75) is 4.90 Å². The first-order valence-corrected chi connectivity index (χ1v) is 5.79. The zero-order chi connectivity index (χ0) is 10.1. The van der Waals surface area contributed by atoms with Gasteiger partial charge in [0, 0.05) is 11.5 Å². The summed E-state index contributed by atoms with van der Waals surface area (Å²) in [7, 11) is -2.01. The molecule has 3 N–H and O–H groups in total. The molecule has 13 heavy (non-hydrogen) atoms. The molecule has 4 nitrogen and oxygen atoms in total. The highest BCUT2D eigenvalue weighted by Crippen LogP contribution is 2.23. The van der Waals surface area contributed by atoms with Crippen LogP contribution in [0.25, 0.3) is 0 Å². The molecule has 0 aliphatic rings. The van der Waals surface area contributed by atoms with Crippen LogP contribution in [-0.4, -0.2) is 15.5 Å². The van der Waals surface area contributed by atoms with Gasteiger partial charge in [-0.2, -0.15) is 0 Å². The normalized spacial score (nSPS) is 11.3. The molecule has 0 aromatic heterocycles. The van der Waals surface area contributed by atoms with Gasteiger partial charge >= 0.3 is 0 Å². The van der Waals surface area contributed by atoms with Crippen molar-refractivity contribution in [3.05, 3.63) is 22.7 Å². The smallest absolute Gasteiger partial charge is 0.240 e. The summed E-state index contributed by atoms with van der Waals surface area (Å²) in [6.45, 7) is 0. The number of halogens is 1. The van der Waals surface area contributed by atoms with Gasteiger partial charge in [-0.3, -0.25) is 0 Å². The van der Waals surface area contributed by atoms with Crippen LogP contribution in [0.15, 0.2) is 27.6 Å². The van der Waals surface area contributed by atoms with Gasteiger partial charge in [0.1, 0.15) is 4.90 Å². The number of primary sulfonamides is 1. The van der Waals surface area contributed by atoms with E-state index < -0.39 is 10.0 Å². The third kappa shape index (κ3) is 2.43. The van der Waals surface area contributed by atoms with Crippen LogP contribution in [0.5, 0.6) is 0 Å². The number of benzene rings is 1. The Kier molecular flexibility index (Phi) is 2.94. The molecule has 0 heterocycles. The maximum absolute atomic E-state index is 11.0. The molecule has 72 valence electrons. The van der Waals surface area contributed by atoms with E-state index in [0.717, 1.165) is 4.47 Å². The predicted octanol–water partition coefficient (Wildman–Crippen LogP) is 1.14. The van der Waals surface area contributed by atoms with E-state index in [1.807, 2.05) is 0 Å². The molecule has 0 aliphatic carbocycles. The van der Waals surface area contributed by atoms with Crippen LogP contribution < -0.4 is 10.5 Å². The number of anilines is 1. The minimum atomic E-state index is -3.65. The summed E-state index contributed by atoms with van der Waals surface area (Å²) in [5.74, 6) is 0. The van der Waals surface area contributed by atoms with Crippen LogP contribution >= 0.6 is 15.9 Å². The fourth-order valence-electron chi connectivity index (χ4n) is 0.946. The number of nitrogens with one attached hydrogen (secondary N) is 1. The van der Waals surface area contributed by atoms with Gasteiger partial charge in [0.2, 0.25) is 10.0 Å². The zero-order valence-electron chi connectivity index (χ0n) is 6.91. The van der Waals surface area contributed by atoms with Crippen LogP contribution in [0.3, 0.4) is 0 Å². The monoisotopic (exact) mass is 264 g/mol. The second kappa shape index (κ2) is 3.65. The van der Waals surface area contributed by atoms with Crippen molar-refractivity contribution < 1.29 is 8.42 Å². The van der Waals surface area contributed by atoms with E-state index in [1.165, 1.54) is 6.07 Å². The van der Waals surface area contributed by atoms with Crippen molar-refractivity contribution >= 4 is 31.6 Å². The van der Waals surface area contributed by atoms with Gasteiger partial charge in [-0.05, 0) is 18.2 Å². The number of sulfonamides is 1. The molecule has 0 unspecified atom stereocenters.